The first-order valence-corrected chi connectivity index (χ1v) is 11.1. The number of hydrogen-bond acceptors (Lipinski definition) is 8. The molecular formula is C24H22N4O5S. The molecule has 0 saturated heterocycles. The van der Waals surface area contributed by atoms with E-state index >= 15 is 0 Å². The lowest BCUT2D eigenvalue weighted by atomic mass is 10.1. The van der Waals surface area contributed by atoms with Crippen molar-refractivity contribution < 1.29 is 23.8 Å². The number of methoxy groups -OCH3 is 2. The lowest BCUT2D eigenvalue weighted by Crippen LogP contribution is -2.19. The molecule has 1 N–H and O–H groups in total. The molecule has 0 spiro atoms. The Morgan fingerprint density at radius 2 is 1.97 bits per heavy atom. The van der Waals surface area contributed by atoms with Crippen molar-refractivity contribution in [3.05, 3.63) is 82.6 Å². The third-order valence-corrected chi connectivity index (χ3v) is 5.62. The highest BCUT2D eigenvalue weighted by atomic mass is 32.1. The summed E-state index contributed by atoms with van der Waals surface area (Å²) in [4.78, 5) is 28.9. The third kappa shape index (κ3) is 5.59. The summed E-state index contributed by atoms with van der Waals surface area (Å²) in [6.45, 7) is 0.299. The molecule has 34 heavy (non-hydrogen) atoms. The topological polar surface area (TPSA) is 104 Å². The van der Waals surface area contributed by atoms with Crippen molar-refractivity contribution in [2.24, 2.45) is 5.10 Å². The van der Waals surface area contributed by atoms with E-state index in [4.69, 9.17) is 14.2 Å². The maximum Gasteiger partial charge on any atom is 0.337 e. The molecule has 0 fully saturated rings. The molecule has 0 unspecified atom stereocenters. The minimum absolute atomic E-state index is 0.141. The first-order chi connectivity index (χ1) is 16.6. The Morgan fingerprint density at radius 3 is 2.71 bits per heavy atom. The van der Waals surface area contributed by atoms with E-state index in [1.54, 1.807) is 49.6 Å². The number of hydrazone groups is 1. The van der Waals surface area contributed by atoms with E-state index in [9.17, 15) is 9.59 Å². The van der Waals surface area contributed by atoms with E-state index < -0.39 is 0 Å². The van der Waals surface area contributed by atoms with Gasteiger partial charge in [-0.15, -0.1) is 11.3 Å². The zero-order valence-electron chi connectivity index (χ0n) is 18.6. The normalized spacial score (nSPS) is 11.0. The van der Waals surface area contributed by atoms with Crippen molar-refractivity contribution in [2.75, 3.05) is 14.2 Å². The van der Waals surface area contributed by atoms with E-state index in [2.05, 4.69) is 15.5 Å². The van der Waals surface area contributed by atoms with Gasteiger partial charge in [-0.05, 0) is 41.5 Å². The predicted octanol–water partition coefficient (Wildman–Crippen LogP) is 3.46. The average Bonchev–Trinajstić information content (AvgIpc) is 3.44. The maximum absolute atomic E-state index is 12.1. The van der Waals surface area contributed by atoms with Crippen LogP contribution >= 0.6 is 11.3 Å². The fourth-order valence-corrected chi connectivity index (χ4v) is 3.86. The molecule has 1 amide bonds. The van der Waals surface area contributed by atoms with Crippen molar-refractivity contribution in [1.82, 2.24) is 14.8 Å². The summed E-state index contributed by atoms with van der Waals surface area (Å²) in [5, 5.41) is 5.95. The van der Waals surface area contributed by atoms with Gasteiger partial charge in [-0.3, -0.25) is 9.20 Å². The number of benzene rings is 2. The Labute approximate surface area is 199 Å². The largest absolute Gasteiger partial charge is 0.493 e. The van der Waals surface area contributed by atoms with Crippen LogP contribution in [0.5, 0.6) is 11.5 Å². The molecular weight excluding hydrogens is 456 g/mol. The number of nitrogens with zero attached hydrogens (tertiary/aromatic N) is 3. The number of nitrogens with one attached hydrogen (secondary N) is 1. The second-order valence-corrected chi connectivity index (χ2v) is 8.06. The number of aromatic nitrogens is 2. The summed E-state index contributed by atoms with van der Waals surface area (Å²) in [5.74, 6) is 0.441. The Morgan fingerprint density at radius 1 is 1.15 bits per heavy atom. The summed E-state index contributed by atoms with van der Waals surface area (Å²) in [6.07, 6.45) is 5.39. The zero-order chi connectivity index (χ0) is 23.9. The second kappa shape index (κ2) is 10.6. The fraction of sp³-hybridized carbons (Fsp3) is 0.167. The van der Waals surface area contributed by atoms with Crippen molar-refractivity contribution in [3.8, 4) is 11.5 Å². The number of carbonyl (C=O) groups excluding carboxylic acids is 2. The van der Waals surface area contributed by atoms with Crippen molar-refractivity contribution >= 4 is 34.4 Å². The highest BCUT2D eigenvalue weighted by Crippen LogP contribution is 2.28. The number of fused-ring (bicyclic) bond motifs is 1. The monoisotopic (exact) mass is 478 g/mol. The van der Waals surface area contributed by atoms with Gasteiger partial charge in [0.05, 0.1) is 38.1 Å². The highest BCUT2D eigenvalue weighted by Gasteiger charge is 2.09. The first-order valence-electron chi connectivity index (χ1n) is 10.3. The third-order valence-electron chi connectivity index (χ3n) is 4.84. The van der Waals surface area contributed by atoms with Crippen LogP contribution in [0, 0.1) is 0 Å². The van der Waals surface area contributed by atoms with Crippen LogP contribution in [0.25, 0.3) is 4.96 Å². The predicted molar refractivity (Wildman–Crippen MR) is 128 cm³/mol. The molecule has 0 aliphatic heterocycles. The SMILES string of the molecule is COC(=O)c1ccc(COc2ccc(/C=N\NC(=O)Cc3cn4ccsc4n3)cc2OC)cc1. The molecule has 174 valence electrons. The number of amides is 1. The van der Waals surface area contributed by atoms with Gasteiger partial charge in [0.1, 0.15) is 6.61 Å². The molecule has 0 bridgehead atoms. The number of ether oxygens (including phenoxy) is 3. The maximum atomic E-state index is 12.1. The molecule has 0 aliphatic carbocycles. The molecule has 9 nitrogen and oxygen atoms in total. The summed E-state index contributed by atoms with van der Waals surface area (Å²) in [7, 11) is 2.89. The minimum atomic E-state index is -0.385. The molecule has 0 aliphatic rings. The summed E-state index contributed by atoms with van der Waals surface area (Å²) in [6, 6.07) is 12.3. The quantitative estimate of drug-likeness (QED) is 0.225. The molecule has 2 heterocycles. The van der Waals surface area contributed by atoms with Crippen LogP contribution < -0.4 is 14.9 Å². The standard InChI is InChI=1S/C24H22N4O5S/c1-31-21-11-17(13-25-27-22(29)12-19-14-28-9-10-34-24(28)26-19)5-8-20(21)33-15-16-3-6-18(7-4-16)23(30)32-2/h3-11,13-14H,12,15H2,1-2H3,(H,27,29)/b25-13-. The van der Waals surface area contributed by atoms with Crippen LogP contribution in [0.1, 0.15) is 27.2 Å². The van der Waals surface area contributed by atoms with Crippen molar-refractivity contribution in [1.29, 1.82) is 0 Å². The fourth-order valence-electron chi connectivity index (χ4n) is 3.14. The molecule has 4 aromatic rings. The van der Waals surface area contributed by atoms with Crippen LogP contribution in [0.3, 0.4) is 0 Å². The number of esters is 1. The average molecular weight is 479 g/mol. The number of carbonyl (C=O) groups is 2. The van der Waals surface area contributed by atoms with Gasteiger partial charge >= 0.3 is 5.97 Å². The molecule has 4 rings (SSSR count). The molecule has 2 aromatic carbocycles. The van der Waals surface area contributed by atoms with Gasteiger partial charge in [0.2, 0.25) is 5.91 Å². The molecule has 10 heteroatoms. The Bertz CT molecular complexity index is 1300. The van der Waals surface area contributed by atoms with E-state index in [0.717, 1.165) is 16.1 Å². The summed E-state index contributed by atoms with van der Waals surface area (Å²) >= 11 is 1.51. The second-order valence-electron chi connectivity index (χ2n) is 7.18. The molecule has 2 aromatic heterocycles. The first kappa shape index (κ1) is 23.0. The Hall–Kier alpha value is -4.18. The van der Waals surface area contributed by atoms with Gasteiger partial charge in [0, 0.05) is 17.8 Å². The number of thiazole rings is 1. The van der Waals surface area contributed by atoms with Crippen molar-refractivity contribution in [3.63, 3.8) is 0 Å². The molecule has 0 radical (unpaired) electrons. The van der Waals surface area contributed by atoms with Gasteiger partial charge in [-0.25, -0.2) is 15.2 Å². The summed E-state index contributed by atoms with van der Waals surface area (Å²) < 4.78 is 17.9. The molecule has 0 atom stereocenters. The van der Waals surface area contributed by atoms with Crippen molar-refractivity contribution in [2.45, 2.75) is 13.0 Å². The number of rotatable bonds is 9. The van der Waals surface area contributed by atoms with Gasteiger partial charge in [0.25, 0.3) is 0 Å². The van der Waals surface area contributed by atoms with E-state index in [1.807, 2.05) is 22.2 Å². The number of imidazole rings is 1. The van der Waals surface area contributed by atoms with Crippen LogP contribution in [-0.4, -0.2) is 41.7 Å². The van der Waals surface area contributed by atoms with E-state index in [-0.39, 0.29) is 18.3 Å². The smallest absolute Gasteiger partial charge is 0.337 e. The van der Waals surface area contributed by atoms with Gasteiger partial charge in [-0.1, -0.05) is 12.1 Å². The van der Waals surface area contributed by atoms with Crippen LogP contribution in [0.2, 0.25) is 0 Å². The van der Waals surface area contributed by atoms with Gasteiger partial charge < -0.3 is 14.2 Å². The lowest BCUT2D eigenvalue weighted by molar-refractivity contribution is -0.120. The van der Waals surface area contributed by atoms with Gasteiger partial charge in [-0.2, -0.15) is 5.10 Å². The number of hydrogen-bond donors (Lipinski definition) is 1. The molecule has 0 saturated carbocycles. The van der Waals surface area contributed by atoms with Crippen LogP contribution in [0.15, 0.2) is 65.3 Å². The van der Waals surface area contributed by atoms with Crippen LogP contribution in [-0.2, 0) is 22.6 Å². The highest BCUT2D eigenvalue weighted by molar-refractivity contribution is 7.15. The van der Waals surface area contributed by atoms with Gasteiger partial charge in [0.15, 0.2) is 16.5 Å². The van der Waals surface area contributed by atoms with Crippen LogP contribution in [0.4, 0.5) is 0 Å². The van der Waals surface area contributed by atoms with E-state index in [0.29, 0.717) is 29.4 Å². The zero-order valence-corrected chi connectivity index (χ0v) is 19.4. The Kier molecular flexibility index (Phi) is 7.19. The Balaban J connectivity index is 1.31. The lowest BCUT2D eigenvalue weighted by Gasteiger charge is -2.11. The summed E-state index contributed by atoms with van der Waals surface area (Å²) in [5.41, 5.74) is 5.29. The van der Waals surface area contributed by atoms with E-state index in [1.165, 1.54) is 24.7 Å². The minimum Gasteiger partial charge on any atom is -0.493 e.